The molecule has 0 unspecified atom stereocenters. The van der Waals surface area contributed by atoms with Gasteiger partial charge in [0.15, 0.2) is 11.6 Å². The molecule has 2 aliphatic heterocycles. The molecule has 1 aliphatic carbocycles. The number of fused-ring (bicyclic) bond motifs is 2. The number of allylic oxidation sites excluding steroid dienone is 6. The zero-order chi connectivity index (χ0) is 26.7. The summed E-state index contributed by atoms with van der Waals surface area (Å²) in [6.45, 7) is 11.1. The molecule has 2 atom stereocenters. The van der Waals surface area contributed by atoms with E-state index in [1.807, 2.05) is 52.0 Å². The van der Waals surface area contributed by atoms with Gasteiger partial charge in [-0.15, -0.1) is 0 Å². The summed E-state index contributed by atoms with van der Waals surface area (Å²) in [5.41, 5.74) is 1.16. The Kier molecular flexibility index (Phi) is 8.17. The molecule has 0 aromatic carbocycles. The maximum Gasteiger partial charge on any atom is 0.334 e. The van der Waals surface area contributed by atoms with Gasteiger partial charge in [-0.05, 0) is 75.0 Å². The van der Waals surface area contributed by atoms with Crippen molar-refractivity contribution in [2.45, 2.75) is 79.4 Å². The maximum atomic E-state index is 12.7. The molecule has 3 rings (SSSR count). The molecule has 36 heavy (non-hydrogen) atoms. The minimum atomic E-state index is -0.572. The van der Waals surface area contributed by atoms with Gasteiger partial charge in [0.25, 0.3) is 0 Å². The van der Waals surface area contributed by atoms with Crippen molar-refractivity contribution >= 4 is 23.5 Å². The van der Waals surface area contributed by atoms with Crippen molar-refractivity contribution in [2.24, 2.45) is 10.8 Å². The Labute approximate surface area is 213 Å². The minimum Gasteiger partial charge on any atom is -0.454 e. The Morgan fingerprint density at radius 3 is 1.39 bits per heavy atom. The zero-order valence-electron chi connectivity index (χ0n) is 22.1. The van der Waals surface area contributed by atoms with Crippen molar-refractivity contribution in [1.82, 2.24) is 0 Å². The van der Waals surface area contributed by atoms with Crippen LogP contribution in [0.1, 0.15) is 67.2 Å². The average Bonchev–Trinajstić information content (AvgIpc) is 3.38. The fraction of sp³-hybridized carbons (Fsp3) is 0.467. The number of ketones is 2. The Morgan fingerprint density at radius 1 is 0.667 bits per heavy atom. The third-order valence-corrected chi connectivity index (χ3v) is 7.00. The van der Waals surface area contributed by atoms with Gasteiger partial charge in [0.05, 0.1) is 0 Å². The lowest BCUT2D eigenvalue weighted by Crippen LogP contribution is -2.27. The summed E-state index contributed by atoms with van der Waals surface area (Å²) in [5, 5.41) is 0. The van der Waals surface area contributed by atoms with Crippen molar-refractivity contribution in [3.05, 3.63) is 70.9 Å². The van der Waals surface area contributed by atoms with Crippen LogP contribution >= 0.6 is 0 Å². The number of carbonyl (C=O) groups excluding carboxylic acids is 4. The van der Waals surface area contributed by atoms with Crippen molar-refractivity contribution < 1.29 is 28.7 Å². The van der Waals surface area contributed by atoms with Gasteiger partial charge in [-0.3, -0.25) is 9.59 Å². The fourth-order valence-corrected chi connectivity index (χ4v) is 4.18. The second-order valence-electron chi connectivity index (χ2n) is 10.9. The minimum absolute atomic E-state index is 0.129. The third kappa shape index (κ3) is 6.48. The Bertz CT molecular complexity index is 1050. The molecule has 192 valence electrons. The third-order valence-electron chi connectivity index (χ3n) is 7.00. The lowest BCUT2D eigenvalue weighted by molar-refractivity contribution is -0.143. The van der Waals surface area contributed by atoms with Crippen molar-refractivity contribution in [3.63, 3.8) is 0 Å². The van der Waals surface area contributed by atoms with E-state index in [1.54, 1.807) is 26.0 Å². The molecule has 0 amide bonds. The Balaban J connectivity index is 1.90. The molecule has 0 N–H and O–H groups in total. The van der Waals surface area contributed by atoms with Gasteiger partial charge in [-0.2, -0.15) is 0 Å². The van der Waals surface area contributed by atoms with E-state index in [-0.39, 0.29) is 23.5 Å². The molecular formula is C30H36O6. The van der Waals surface area contributed by atoms with Crippen LogP contribution in [0.3, 0.4) is 0 Å². The summed E-state index contributed by atoms with van der Waals surface area (Å²) in [7, 11) is 0. The van der Waals surface area contributed by atoms with Crippen LogP contribution in [0.4, 0.5) is 0 Å². The summed E-state index contributed by atoms with van der Waals surface area (Å²) in [4.78, 5) is 50.1. The fourth-order valence-electron chi connectivity index (χ4n) is 4.18. The van der Waals surface area contributed by atoms with Gasteiger partial charge in [0, 0.05) is 22.0 Å². The SMILES string of the molecule is C/C1=C/CCC2=C[C@@H](OC2=O)C(C)(C)/C=C/C(=O)/C(C)=C\CCC2=C[C@H](OC2=O)C(C)(C)/C=C/C1=O. The molecule has 6 heteroatoms. The highest BCUT2D eigenvalue weighted by Gasteiger charge is 2.36. The number of hydrogen-bond acceptors (Lipinski definition) is 6. The molecule has 0 radical (unpaired) electrons. The van der Waals surface area contributed by atoms with Crippen LogP contribution in [0.25, 0.3) is 0 Å². The molecule has 2 heterocycles. The molecule has 0 fully saturated rings. The van der Waals surface area contributed by atoms with E-state index in [0.717, 1.165) is 0 Å². The van der Waals surface area contributed by atoms with Gasteiger partial charge in [0.2, 0.25) is 0 Å². The number of ether oxygens (including phenoxy) is 2. The molecule has 0 spiro atoms. The van der Waals surface area contributed by atoms with E-state index in [4.69, 9.17) is 9.47 Å². The highest BCUT2D eigenvalue weighted by atomic mass is 16.6. The highest BCUT2D eigenvalue weighted by molar-refractivity contribution is 6.04. The highest BCUT2D eigenvalue weighted by Crippen LogP contribution is 2.34. The summed E-state index contributed by atoms with van der Waals surface area (Å²) < 4.78 is 11.2. The summed E-state index contributed by atoms with van der Waals surface area (Å²) in [5.74, 6) is -0.980. The van der Waals surface area contributed by atoms with Crippen LogP contribution in [0, 0.1) is 10.8 Å². The topological polar surface area (TPSA) is 86.7 Å². The summed E-state index contributed by atoms with van der Waals surface area (Å²) >= 11 is 0. The molecule has 0 saturated carbocycles. The zero-order valence-corrected chi connectivity index (χ0v) is 22.1. The first-order valence-corrected chi connectivity index (χ1v) is 12.4. The van der Waals surface area contributed by atoms with Gasteiger partial charge in [0.1, 0.15) is 12.2 Å². The number of carbonyl (C=O) groups is 4. The van der Waals surface area contributed by atoms with Crippen molar-refractivity contribution in [3.8, 4) is 0 Å². The normalized spacial score (nSPS) is 31.8. The van der Waals surface area contributed by atoms with Crippen LogP contribution in [-0.4, -0.2) is 35.7 Å². The Morgan fingerprint density at radius 2 is 1.03 bits per heavy atom. The molecule has 6 nitrogen and oxygen atoms in total. The second kappa shape index (κ2) is 10.8. The quantitative estimate of drug-likeness (QED) is 0.418. The molecular weight excluding hydrogens is 456 g/mol. The van der Waals surface area contributed by atoms with Gasteiger partial charge >= 0.3 is 11.9 Å². The predicted octanol–water partition coefficient (Wildman–Crippen LogP) is 5.46. The second-order valence-corrected chi connectivity index (χ2v) is 10.9. The summed E-state index contributed by atoms with van der Waals surface area (Å²) in [6, 6.07) is 0. The van der Waals surface area contributed by atoms with Gasteiger partial charge in [-0.1, -0.05) is 52.0 Å². The monoisotopic (exact) mass is 492 g/mol. The lowest BCUT2D eigenvalue weighted by Gasteiger charge is -2.25. The summed E-state index contributed by atoms with van der Waals surface area (Å²) in [6.07, 6.45) is 14.9. The van der Waals surface area contributed by atoms with Crippen LogP contribution in [0.2, 0.25) is 0 Å². The van der Waals surface area contributed by atoms with Crippen molar-refractivity contribution in [1.29, 1.82) is 0 Å². The van der Waals surface area contributed by atoms with E-state index < -0.39 is 23.0 Å². The van der Waals surface area contributed by atoms with Crippen LogP contribution in [0.15, 0.2) is 70.9 Å². The predicted molar refractivity (Wildman–Crippen MR) is 138 cm³/mol. The van der Waals surface area contributed by atoms with Crippen LogP contribution in [-0.2, 0) is 28.7 Å². The Hall–Kier alpha value is -3.28. The molecule has 4 bridgehead atoms. The van der Waals surface area contributed by atoms with E-state index in [9.17, 15) is 19.2 Å². The number of rotatable bonds is 0. The van der Waals surface area contributed by atoms with Crippen molar-refractivity contribution in [2.75, 3.05) is 0 Å². The average molecular weight is 493 g/mol. The molecule has 0 aromatic rings. The van der Waals surface area contributed by atoms with Crippen LogP contribution < -0.4 is 0 Å². The van der Waals surface area contributed by atoms with Crippen LogP contribution in [0.5, 0.6) is 0 Å². The first-order valence-electron chi connectivity index (χ1n) is 12.4. The van der Waals surface area contributed by atoms with Gasteiger partial charge < -0.3 is 9.47 Å². The van der Waals surface area contributed by atoms with E-state index in [1.165, 1.54) is 12.2 Å². The van der Waals surface area contributed by atoms with E-state index >= 15 is 0 Å². The number of esters is 2. The maximum absolute atomic E-state index is 12.7. The smallest absolute Gasteiger partial charge is 0.334 e. The largest absolute Gasteiger partial charge is 0.454 e. The molecule has 0 saturated heterocycles. The lowest BCUT2D eigenvalue weighted by atomic mass is 9.84. The number of hydrogen-bond donors (Lipinski definition) is 0. The molecule has 3 aliphatic rings. The molecule has 0 aromatic heterocycles. The van der Waals surface area contributed by atoms with E-state index in [0.29, 0.717) is 48.0 Å². The van der Waals surface area contributed by atoms with E-state index in [2.05, 4.69) is 0 Å². The first-order chi connectivity index (χ1) is 16.8. The first kappa shape index (κ1) is 27.3. The standard InChI is InChI=1S/C30H36O6/c1-19-9-7-11-21-17-26(36-27(21)33)30(5,6)16-14-24(32)20(2)10-8-12-22-18-25(35-28(22)34)29(3,4)15-13-23(19)31/h9-10,13-18,25-26H,7-8,11-12H2,1-6H3/b15-13+,16-14+,19-9-,20-10-/t25-,26+. The van der Waals surface area contributed by atoms with Gasteiger partial charge in [-0.25, -0.2) is 9.59 Å².